The third kappa shape index (κ3) is 4.22. The summed E-state index contributed by atoms with van der Waals surface area (Å²) >= 11 is 0. The number of amides is 2. The predicted octanol–water partition coefficient (Wildman–Crippen LogP) is 0.356. The summed E-state index contributed by atoms with van der Waals surface area (Å²) in [7, 11) is 1.40. The molecule has 0 heterocycles. The molecule has 0 aliphatic carbocycles. The lowest BCUT2D eigenvalue weighted by atomic mass is 10.0. The molecule has 1 aromatic carbocycles. The number of aliphatic hydroxyl groups is 1. The van der Waals surface area contributed by atoms with Gasteiger partial charge in [0, 0.05) is 7.05 Å². The number of carboxylic acid groups (broad SMARTS) is 1. The topological polar surface area (TPSA) is 98.7 Å². The first-order valence-corrected chi connectivity index (χ1v) is 5.58. The second-order valence-electron chi connectivity index (χ2n) is 3.93. The monoisotopic (exact) mass is 270 g/mol. The van der Waals surface area contributed by atoms with Gasteiger partial charge in [0.25, 0.3) is 5.91 Å². The molecule has 6 nitrogen and oxygen atoms in total. The van der Waals surface area contributed by atoms with E-state index in [1.165, 1.54) is 19.2 Å². The van der Waals surface area contributed by atoms with E-state index in [-0.39, 0.29) is 12.0 Å². The lowest BCUT2D eigenvalue weighted by Crippen LogP contribution is -2.38. The average Bonchev–Trinajstić information content (AvgIpc) is 2.36. The number of rotatable bonds is 5. The molecule has 0 saturated carbocycles. The molecule has 1 atom stereocenters. The lowest BCUT2D eigenvalue weighted by Gasteiger charge is -2.14. The molecule has 0 bridgehead atoms. The highest BCUT2D eigenvalue weighted by Gasteiger charge is 2.14. The molecule has 2 amide bonds. The highest BCUT2D eigenvalue weighted by molar-refractivity contribution is 5.94. The Morgan fingerprint density at radius 3 is 2.58 bits per heavy atom. The highest BCUT2D eigenvalue weighted by Crippen LogP contribution is 2.12. The minimum absolute atomic E-state index is 0.0852. The zero-order valence-electron chi connectivity index (χ0n) is 10.3. The molecule has 1 rings (SSSR count). The van der Waals surface area contributed by atoms with E-state index < -0.39 is 30.5 Å². The Bertz CT molecular complexity index is 479. The van der Waals surface area contributed by atoms with E-state index in [0.29, 0.717) is 5.56 Å². The van der Waals surface area contributed by atoms with Crippen LogP contribution in [0.5, 0.6) is 0 Å². The van der Waals surface area contributed by atoms with Crippen LogP contribution >= 0.6 is 0 Å². The van der Waals surface area contributed by atoms with E-state index in [0.717, 1.165) is 6.07 Å². The molecule has 0 fully saturated rings. The number of hydrogen-bond donors (Lipinski definition) is 4. The minimum Gasteiger partial charge on any atom is -0.465 e. The molecule has 4 N–H and O–H groups in total. The molecule has 0 aliphatic heterocycles. The van der Waals surface area contributed by atoms with Crippen LogP contribution in [0.3, 0.4) is 0 Å². The van der Waals surface area contributed by atoms with Gasteiger partial charge in [-0.2, -0.15) is 0 Å². The van der Waals surface area contributed by atoms with Gasteiger partial charge < -0.3 is 20.8 Å². The fraction of sp³-hybridized carbons (Fsp3) is 0.333. The number of carbonyl (C=O) groups is 2. The fourth-order valence-corrected chi connectivity index (χ4v) is 1.62. The first kappa shape index (κ1) is 14.9. The smallest absolute Gasteiger partial charge is 0.404 e. The van der Waals surface area contributed by atoms with Gasteiger partial charge in [-0.1, -0.05) is 6.07 Å². The van der Waals surface area contributed by atoms with Gasteiger partial charge in [-0.25, -0.2) is 9.18 Å². The lowest BCUT2D eigenvalue weighted by molar-refractivity contribution is 0.0959. The fourth-order valence-electron chi connectivity index (χ4n) is 1.62. The Balaban J connectivity index is 2.83. The third-order valence-corrected chi connectivity index (χ3v) is 2.54. The van der Waals surface area contributed by atoms with Crippen LogP contribution in [0.2, 0.25) is 0 Å². The molecule has 0 aromatic heterocycles. The van der Waals surface area contributed by atoms with Gasteiger partial charge in [0.05, 0.1) is 18.2 Å². The second kappa shape index (κ2) is 6.69. The van der Waals surface area contributed by atoms with Gasteiger partial charge in [-0.05, 0) is 24.1 Å². The van der Waals surface area contributed by atoms with Crippen LogP contribution in [0.25, 0.3) is 0 Å². The molecule has 7 heteroatoms. The standard InChI is InChI=1S/C12H15FN2O4/c1-14-11(17)9-3-2-7(5-10(9)13)4-8(6-16)15-12(18)19/h2-3,5,8,15-16H,4,6H2,1H3,(H,14,17)(H,18,19)/t8-/m0/s1. The quantitative estimate of drug-likeness (QED) is 0.620. The van der Waals surface area contributed by atoms with Crippen molar-refractivity contribution in [3.63, 3.8) is 0 Å². The van der Waals surface area contributed by atoms with E-state index in [4.69, 9.17) is 10.2 Å². The van der Waals surface area contributed by atoms with Crippen molar-refractivity contribution >= 4 is 12.0 Å². The third-order valence-electron chi connectivity index (χ3n) is 2.54. The molecule has 19 heavy (non-hydrogen) atoms. The molecule has 104 valence electrons. The molecule has 1 aromatic rings. The maximum Gasteiger partial charge on any atom is 0.404 e. The van der Waals surface area contributed by atoms with Gasteiger partial charge in [-0.15, -0.1) is 0 Å². The van der Waals surface area contributed by atoms with Crippen LogP contribution in [0.1, 0.15) is 15.9 Å². The Hall–Kier alpha value is -2.15. The van der Waals surface area contributed by atoms with Crippen LogP contribution in [0.15, 0.2) is 18.2 Å². The first-order chi connectivity index (χ1) is 8.97. The maximum atomic E-state index is 13.6. The highest BCUT2D eigenvalue weighted by atomic mass is 19.1. The number of nitrogens with one attached hydrogen (secondary N) is 2. The van der Waals surface area contributed by atoms with Crippen molar-refractivity contribution in [1.29, 1.82) is 0 Å². The van der Waals surface area contributed by atoms with Gasteiger partial charge >= 0.3 is 6.09 Å². The Morgan fingerprint density at radius 1 is 1.42 bits per heavy atom. The Labute approximate surface area is 109 Å². The van der Waals surface area contributed by atoms with Crippen LogP contribution in [-0.4, -0.2) is 41.9 Å². The SMILES string of the molecule is CNC(=O)c1ccc(C[C@@H](CO)NC(=O)O)cc1F. The molecule has 0 spiro atoms. The summed E-state index contributed by atoms with van der Waals surface area (Å²) in [5, 5.41) is 22.0. The zero-order valence-corrected chi connectivity index (χ0v) is 10.3. The van der Waals surface area contributed by atoms with Crippen molar-refractivity contribution in [2.75, 3.05) is 13.7 Å². The zero-order chi connectivity index (χ0) is 14.4. The van der Waals surface area contributed by atoms with E-state index in [1.807, 2.05) is 0 Å². The first-order valence-electron chi connectivity index (χ1n) is 5.58. The molecular formula is C12H15FN2O4. The summed E-state index contributed by atoms with van der Waals surface area (Å²) in [6, 6.07) is 3.26. The molecule has 0 radical (unpaired) electrons. The van der Waals surface area contributed by atoms with Crippen molar-refractivity contribution in [3.05, 3.63) is 35.1 Å². The van der Waals surface area contributed by atoms with Crippen LogP contribution in [0.4, 0.5) is 9.18 Å². The largest absolute Gasteiger partial charge is 0.465 e. The summed E-state index contributed by atoms with van der Waals surface area (Å²) in [5.41, 5.74) is 0.399. The van der Waals surface area contributed by atoms with Gasteiger partial charge in [0.15, 0.2) is 0 Å². The van der Waals surface area contributed by atoms with Crippen molar-refractivity contribution in [3.8, 4) is 0 Å². The number of benzene rings is 1. The summed E-state index contributed by atoms with van der Waals surface area (Å²) in [5.74, 6) is -1.23. The van der Waals surface area contributed by atoms with E-state index in [9.17, 15) is 14.0 Å². The van der Waals surface area contributed by atoms with E-state index >= 15 is 0 Å². The van der Waals surface area contributed by atoms with Crippen LogP contribution in [-0.2, 0) is 6.42 Å². The average molecular weight is 270 g/mol. The van der Waals surface area contributed by atoms with Crippen molar-refractivity contribution < 1.29 is 24.2 Å². The van der Waals surface area contributed by atoms with Crippen molar-refractivity contribution in [1.82, 2.24) is 10.6 Å². The van der Waals surface area contributed by atoms with Gasteiger partial charge in [0.2, 0.25) is 0 Å². The van der Waals surface area contributed by atoms with Gasteiger partial charge in [-0.3, -0.25) is 4.79 Å². The summed E-state index contributed by atoms with van der Waals surface area (Å²) < 4.78 is 13.6. The van der Waals surface area contributed by atoms with E-state index in [2.05, 4.69) is 10.6 Å². The Morgan fingerprint density at radius 2 is 2.11 bits per heavy atom. The minimum atomic E-state index is -1.26. The molecular weight excluding hydrogens is 255 g/mol. The number of aliphatic hydroxyl groups excluding tert-OH is 1. The van der Waals surface area contributed by atoms with Gasteiger partial charge in [0.1, 0.15) is 5.82 Å². The number of halogens is 1. The number of hydrogen-bond acceptors (Lipinski definition) is 3. The summed E-state index contributed by atoms with van der Waals surface area (Å²) in [6.45, 7) is -0.398. The summed E-state index contributed by atoms with van der Waals surface area (Å²) in [6.07, 6.45) is -1.13. The van der Waals surface area contributed by atoms with E-state index in [1.54, 1.807) is 0 Å². The normalized spacial score (nSPS) is 11.7. The number of carbonyl (C=O) groups excluding carboxylic acids is 1. The predicted molar refractivity (Wildman–Crippen MR) is 65.5 cm³/mol. The maximum absolute atomic E-state index is 13.6. The van der Waals surface area contributed by atoms with Crippen molar-refractivity contribution in [2.45, 2.75) is 12.5 Å². The molecule has 0 aliphatic rings. The van der Waals surface area contributed by atoms with Crippen LogP contribution in [0, 0.1) is 5.82 Å². The Kier molecular flexibility index (Phi) is 5.25. The van der Waals surface area contributed by atoms with Crippen molar-refractivity contribution in [2.24, 2.45) is 0 Å². The molecule has 0 unspecified atom stereocenters. The van der Waals surface area contributed by atoms with Crippen LogP contribution < -0.4 is 10.6 Å². The second-order valence-corrected chi connectivity index (χ2v) is 3.93. The summed E-state index contributed by atoms with van der Waals surface area (Å²) in [4.78, 5) is 21.7. The molecule has 0 saturated heterocycles.